The van der Waals surface area contributed by atoms with Gasteiger partial charge >= 0.3 is 0 Å². The molecule has 1 saturated carbocycles. The van der Waals surface area contributed by atoms with Gasteiger partial charge in [0.2, 0.25) is 0 Å². The molecule has 2 aliphatic carbocycles. The Bertz CT molecular complexity index is 784. The molecule has 2 aromatic rings. The van der Waals surface area contributed by atoms with Crippen LogP contribution >= 0.6 is 0 Å². The molecule has 1 heterocycles. The highest BCUT2D eigenvalue weighted by Crippen LogP contribution is 2.29. The van der Waals surface area contributed by atoms with E-state index in [1.807, 2.05) is 16.6 Å². The minimum Gasteiger partial charge on any atom is -0.340 e. The van der Waals surface area contributed by atoms with Gasteiger partial charge in [0.05, 0.1) is 5.69 Å². The molecule has 0 atom stereocenters. The first-order chi connectivity index (χ1) is 12.6. The van der Waals surface area contributed by atoms with Crippen LogP contribution in [0.3, 0.4) is 0 Å². The van der Waals surface area contributed by atoms with Gasteiger partial charge in [-0.3, -0.25) is 4.79 Å². The summed E-state index contributed by atoms with van der Waals surface area (Å²) in [4.78, 5) is 15.0. The van der Waals surface area contributed by atoms with Crippen LogP contribution in [0, 0.1) is 12.8 Å². The van der Waals surface area contributed by atoms with Gasteiger partial charge in [0.15, 0.2) is 5.69 Å². The van der Waals surface area contributed by atoms with Gasteiger partial charge in [0, 0.05) is 24.8 Å². The zero-order chi connectivity index (χ0) is 18.1. The fourth-order valence-corrected chi connectivity index (χ4v) is 4.53. The first kappa shape index (κ1) is 17.3. The van der Waals surface area contributed by atoms with Gasteiger partial charge in [-0.05, 0) is 57.1 Å². The third kappa shape index (κ3) is 3.29. The van der Waals surface area contributed by atoms with E-state index < -0.39 is 0 Å². The van der Waals surface area contributed by atoms with Gasteiger partial charge in [0.1, 0.15) is 0 Å². The Morgan fingerprint density at radius 1 is 1.12 bits per heavy atom. The highest BCUT2D eigenvalue weighted by molar-refractivity contribution is 5.94. The van der Waals surface area contributed by atoms with Crippen LogP contribution in [0.25, 0.3) is 5.69 Å². The Labute approximate surface area is 156 Å². The highest BCUT2D eigenvalue weighted by Gasteiger charge is 2.29. The molecule has 0 bridgehead atoms. The Morgan fingerprint density at radius 2 is 1.85 bits per heavy atom. The molecule has 2 aliphatic rings. The third-order valence-corrected chi connectivity index (χ3v) is 6.01. The summed E-state index contributed by atoms with van der Waals surface area (Å²) in [5.41, 5.74) is 5.37. The van der Waals surface area contributed by atoms with E-state index in [0.717, 1.165) is 31.5 Å². The zero-order valence-electron chi connectivity index (χ0n) is 16.0. The van der Waals surface area contributed by atoms with Crippen LogP contribution in [0.5, 0.6) is 0 Å². The van der Waals surface area contributed by atoms with Crippen molar-refractivity contribution < 1.29 is 4.79 Å². The first-order valence-corrected chi connectivity index (χ1v) is 10.1. The molecule has 138 valence electrons. The van der Waals surface area contributed by atoms with Crippen LogP contribution in [0.1, 0.15) is 65.8 Å². The lowest BCUT2D eigenvalue weighted by molar-refractivity contribution is 0.0753. The monoisotopic (exact) mass is 351 g/mol. The number of hydrogen-bond donors (Lipinski definition) is 0. The van der Waals surface area contributed by atoms with Crippen LogP contribution in [-0.4, -0.2) is 34.2 Å². The fourth-order valence-electron chi connectivity index (χ4n) is 4.53. The summed E-state index contributed by atoms with van der Waals surface area (Å²) in [6.45, 7) is 2.96. The molecule has 1 fully saturated rings. The molecule has 0 aliphatic heterocycles. The van der Waals surface area contributed by atoms with Gasteiger partial charge in [0.25, 0.3) is 5.91 Å². The number of carbonyl (C=O) groups is 1. The predicted octanol–water partition coefficient (Wildman–Crippen LogP) is 4.32. The molecule has 1 aromatic heterocycles. The molecule has 1 amide bonds. The van der Waals surface area contributed by atoms with Crippen LogP contribution in [0.4, 0.5) is 0 Å². The maximum Gasteiger partial charge on any atom is 0.274 e. The Kier molecular flexibility index (Phi) is 4.84. The number of nitrogens with zero attached hydrogens (tertiary/aromatic N) is 3. The molecule has 0 unspecified atom stereocenters. The lowest BCUT2D eigenvalue weighted by Gasteiger charge is -2.26. The summed E-state index contributed by atoms with van der Waals surface area (Å²) in [7, 11) is 1.95. The topological polar surface area (TPSA) is 38.1 Å². The molecule has 1 aromatic carbocycles. The van der Waals surface area contributed by atoms with E-state index in [-0.39, 0.29) is 5.91 Å². The van der Waals surface area contributed by atoms with Crippen molar-refractivity contribution in [1.82, 2.24) is 14.7 Å². The molecule has 0 N–H and O–H groups in total. The van der Waals surface area contributed by atoms with E-state index >= 15 is 0 Å². The smallest absolute Gasteiger partial charge is 0.274 e. The van der Waals surface area contributed by atoms with Crippen molar-refractivity contribution >= 4 is 5.91 Å². The van der Waals surface area contributed by atoms with Gasteiger partial charge in [-0.25, -0.2) is 4.68 Å². The molecule has 26 heavy (non-hydrogen) atoms. The quantitative estimate of drug-likeness (QED) is 0.823. The van der Waals surface area contributed by atoms with Gasteiger partial charge in [-0.15, -0.1) is 0 Å². The number of amides is 1. The number of hydrogen-bond acceptors (Lipinski definition) is 2. The maximum absolute atomic E-state index is 13.1. The maximum atomic E-state index is 13.1. The summed E-state index contributed by atoms with van der Waals surface area (Å²) in [5.74, 6) is 0.754. The number of carbonyl (C=O) groups excluding carboxylic acids is 1. The van der Waals surface area contributed by atoms with Crippen LogP contribution in [0.15, 0.2) is 24.3 Å². The lowest BCUT2D eigenvalue weighted by Crippen LogP contribution is -2.33. The predicted molar refractivity (Wildman–Crippen MR) is 104 cm³/mol. The highest BCUT2D eigenvalue weighted by atomic mass is 16.2. The summed E-state index contributed by atoms with van der Waals surface area (Å²) in [6, 6.07) is 8.41. The number of aryl methyl sites for hydroxylation is 1. The van der Waals surface area contributed by atoms with E-state index in [2.05, 4.69) is 31.2 Å². The SMILES string of the molecule is Cc1ccc(-n2nc(C(=O)N(C)CC3CCCCC3)c3c2CCC3)cc1. The molecule has 4 heteroatoms. The van der Waals surface area contributed by atoms with Crippen molar-refractivity contribution in [2.75, 3.05) is 13.6 Å². The summed E-state index contributed by atoms with van der Waals surface area (Å²) in [6.07, 6.45) is 9.58. The Hall–Kier alpha value is -2.10. The van der Waals surface area contributed by atoms with Crippen molar-refractivity contribution in [3.05, 3.63) is 46.8 Å². The van der Waals surface area contributed by atoms with Crippen LogP contribution in [0.2, 0.25) is 0 Å². The normalized spacial score (nSPS) is 17.3. The van der Waals surface area contributed by atoms with Crippen LogP contribution in [-0.2, 0) is 12.8 Å². The fraction of sp³-hybridized carbons (Fsp3) is 0.545. The first-order valence-electron chi connectivity index (χ1n) is 10.1. The average molecular weight is 351 g/mol. The van der Waals surface area contributed by atoms with Crippen molar-refractivity contribution in [2.45, 2.75) is 58.3 Å². The zero-order valence-corrected chi connectivity index (χ0v) is 16.0. The second-order valence-corrected chi connectivity index (χ2v) is 8.06. The van der Waals surface area contributed by atoms with Crippen LogP contribution < -0.4 is 0 Å². The lowest BCUT2D eigenvalue weighted by atomic mass is 9.89. The van der Waals surface area contributed by atoms with E-state index in [1.165, 1.54) is 48.9 Å². The molecular weight excluding hydrogens is 322 g/mol. The molecule has 0 saturated heterocycles. The molecule has 4 nitrogen and oxygen atoms in total. The standard InChI is InChI=1S/C22H29N3O/c1-16-11-13-18(14-12-16)25-20-10-6-9-19(20)21(23-25)22(26)24(2)15-17-7-4-3-5-8-17/h11-14,17H,3-10,15H2,1-2H3. The van der Waals surface area contributed by atoms with Crippen molar-refractivity contribution in [2.24, 2.45) is 5.92 Å². The second-order valence-electron chi connectivity index (χ2n) is 8.06. The van der Waals surface area contributed by atoms with Crippen molar-refractivity contribution in [3.8, 4) is 5.69 Å². The number of rotatable bonds is 4. The van der Waals surface area contributed by atoms with Gasteiger partial charge in [-0.1, -0.05) is 37.0 Å². The summed E-state index contributed by atoms with van der Waals surface area (Å²) in [5, 5.41) is 4.77. The second kappa shape index (κ2) is 7.26. The molecule has 4 rings (SSSR count). The van der Waals surface area contributed by atoms with E-state index in [9.17, 15) is 4.79 Å². The summed E-state index contributed by atoms with van der Waals surface area (Å²) < 4.78 is 2.00. The molecule has 0 radical (unpaired) electrons. The Balaban J connectivity index is 1.59. The van der Waals surface area contributed by atoms with Crippen molar-refractivity contribution in [1.29, 1.82) is 0 Å². The number of fused-ring (bicyclic) bond motifs is 1. The largest absolute Gasteiger partial charge is 0.340 e. The van der Waals surface area contributed by atoms with E-state index in [1.54, 1.807) is 0 Å². The van der Waals surface area contributed by atoms with Gasteiger partial charge in [-0.2, -0.15) is 5.10 Å². The van der Waals surface area contributed by atoms with E-state index in [0.29, 0.717) is 11.6 Å². The molecule has 0 spiro atoms. The number of aromatic nitrogens is 2. The summed E-state index contributed by atoms with van der Waals surface area (Å²) >= 11 is 0. The Morgan fingerprint density at radius 3 is 2.58 bits per heavy atom. The minimum atomic E-state index is 0.0968. The average Bonchev–Trinajstić information content (AvgIpc) is 3.25. The molecular formula is C22H29N3O. The third-order valence-electron chi connectivity index (χ3n) is 6.01. The van der Waals surface area contributed by atoms with E-state index in [4.69, 9.17) is 5.10 Å². The van der Waals surface area contributed by atoms with Crippen molar-refractivity contribution in [3.63, 3.8) is 0 Å². The minimum absolute atomic E-state index is 0.0968. The number of benzene rings is 1. The van der Waals surface area contributed by atoms with Gasteiger partial charge < -0.3 is 4.90 Å².